The molecule has 5 nitrogen and oxygen atoms in total. The molecule has 5 atom stereocenters. The molecule has 20 heavy (non-hydrogen) atoms. The minimum Gasteiger partial charge on any atom is -0.388 e. The number of ether oxygens (including phenoxy) is 1. The fourth-order valence-corrected chi connectivity index (χ4v) is 2.33. The van der Waals surface area contributed by atoms with Gasteiger partial charge in [0.2, 0.25) is 0 Å². The summed E-state index contributed by atoms with van der Waals surface area (Å²) in [6.45, 7) is 2.12. The maximum atomic E-state index is 10.0. The molecule has 1 saturated heterocycles. The van der Waals surface area contributed by atoms with Gasteiger partial charge >= 0.3 is 0 Å². The number of aliphatic imine (C=N–C) groups is 1. The Morgan fingerprint density at radius 2 is 1.80 bits per heavy atom. The first-order valence-electron chi connectivity index (χ1n) is 6.36. The Balaban J connectivity index is 2.16. The van der Waals surface area contributed by atoms with E-state index in [0.717, 1.165) is 11.1 Å². The molecule has 0 unspecified atom stereocenters. The summed E-state index contributed by atoms with van der Waals surface area (Å²) in [5, 5.41) is 31.8. The topological polar surface area (TPSA) is 82.3 Å². The second-order valence-electron chi connectivity index (χ2n) is 4.88. The van der Waals surface area contributed by atoms with Crippen LogP contribution >= 0.6 is 12.2 Å². The first-order valence-corrected chi connectivity index (χ1v) is 6.77. The van der Waals surface area contributed by atoms with Gasteiger partial charge in [0.05, 0.1) is 17.8 Å². The number of hydrogen-bond acceptors (Lipinski definition) is 6. The number of thiocarbonyl (C=S) groups is 1. The molecular weight excluding hydrogens is 278 g/mol. The van der Waals surface area contributed by atoms with Gasteiger partial charge in [0.15, 0.2) is 0 Å². The largest absolute Gasteiger partial charge is 0.388 e. The second kappa shape index (κ2) is 6.54. The molecule has 1 aliphatic rings. The maximum absolute atomic E-state index is 10.0. The smallest absolute Gasteiger partial charge is 0.113 e. The molecule has 0 aromatic heterocycles. The summed E-state index contributed by atoms with van der Waals surface area (Å²) < 4.78 is 5.58. The molecule has 1 aromatic rings. The Hall–Kier alpha value is -1.14. The van der Waals surface area contributed by atoms with Crippen molar-refractivity contribution in [2.45, 2.75) is 44.0 Å². The monoisotopic (exact) mass is 295 g/mol. The van der Waals surface area contributed by atoms with Gasteiger partial charge in [0.1, 0.15) is 24.4 Å². The molecule has 0 bridgehead atoms. The molecular formula is C14H17NO4S. The van der Waals surface area contributed by atoms with E-state index in [0.29, 0.717) is 6.54 Å². The van der Waals surface area contributed by atoms with Crippen molar-refractivity contribution in [2.24, 2.45) is 4.99 Å². The third-order valence-corrected chi connectivity index (χ3v) is 3.62. The highest BCUT2D eigenvalue weighted by Gasteiger charge is 2.42. The fourth-order valence-electron chi connectivity index (χ4n) is 2.26. The van der Waals surface area contributed by atoms with Gasteiger partial charge in [-0.1, -0.05) is 24.3 Å². The van der Waals surface area contributed by atoms with E-state index < -0.39 is 30.5 Å². The van der Waals surface area contributed by atoms with E-state index in [4.69, 9.17) is 4.74 Å². The van der Waals surface area contributed by atoms with E-state index in [-0.39, 0.29) is 0 Å². The highest BCUT2D eigenvalue weighted by Crippen LogP contribution is 2.32. The number of isothiocyanates is 1. The number of aliphatic hydroxyl groups excluding tert-OH is 3. The molecule has 1 heterocycles. The lowest BCUT2D eigenvalue weighted by Gasteiger charge is -2.39. The van der Waals surface area contributed by atoms with Crippen LogP contribution in [0.3, 0.4) is 0 Å². The summed E-state index contributed by atoms with van der Waals surface area (Å²) in [6, 6.07) is 7.31. The van der Waals surface area contributed by atoms with E-state index in [1.54, 1.807) is 19.1 Å². The van der Waals surface area contributed by atoms with E-state index in [2.05, 4.69) is 22.4 Å². The quantitative estimate of drug-likeness (QED) is 0.568. The first-order chi connectivity index (χ1) is 9.54. The van der Waals surface area contributed by atoms with Crippen LogP contribution in [0.15, 0.2) is 29.3 Å². The van der Waals surface area contributed by atoms with Crippen molar-refractivity contribution in [1.29, 1.82) is 0 Å². The fraction of sp³-hybridized carbons (Fsp3) is 0.500. The Morgan fingerprint density at radius 1 is 1.15 bits per heavy atom. The summed E-state index contributed by atoms with van der Waals surface area (Å²) in [4.78, 5) is 3.84. The molecule has 1 aliphatic heterocycles. The highest BCUT2D eigenvalue weighted by molar-refractivity contribution is 7.78. The SMILES string of the molecule is C[C@@H]1O[C@@H](c2ccc(CN=C=S)cc2)[C@H](O)[C@H](O)[C@H]1O. The van der Waals surface area contributed by atoms with Crippen LogP contribution in [0.5, 0.6) is 0 Å². The first kappa shape index (κ1) is 15.3. The Kier molecular flexibility index (Phi) is 4.99. The van der Waals surface area contributed by atoms with Crippen molar-refractivity contribution in [3.05, 3.63) is 35.4 Å². The minimum absolute atomic E-state index is 0.454. The van der Waals surface area contributed by atoms with Crippen LogP contribution in [-0.2, 0) is 11.3 Å². The normalized spacial score (nSPS) is 33.5. The van der Waals surface area contributed by atoms with Crippen molar-refractivity contribution in [3.63, 3.8) is 0 Å². The summed E-state index contributed by atoms with van der Waals surface area (Å²) in [5.74, 6) is 0. The van der Waals surface area contributed by atoms with Gasteiger partial charge in [-0.15, -0.1) is 0 Å². The Bertz CT molecular complexity index is 500. The molecule has 0 radical (unpaired) electrons. The summed E-state index contributed by atoms with van der Waals surface area (Å²) >= 11 is 4.51. The molecule has 1 aromatic carbocycles. The van der Waals surface area contributed by atoms with Crippen molar-refractivity contribution < 1.29 is 20.1 Å². The number of rotatable bonds is 3. The Labute approximate surface area is 122 Å². The third-order valence-electron chi connectivity index (χ3n) is 3.49. The third kappa shape index (κ3) is 3.12. The molecule has 0 spiro atoms. The van der Waals surface area contributed by atoms with Crippen LogP contribution < -0.4 is 0 Å². The lowest BCUT2D eigenvalue weighted by Crippen LogP contribution is -2.53. The van der Waals surface area contributed by atoms with Gasteiger partial charge in [-0.25, -0.2) is 4.99 Å². The van der Waals surface area contributed by atoms with Gasteiger partial charge in [-0.05, 0) is 30.3 Å². The van der Waals surface area contributed by atoms with Crippen LogP contribution in [0, 0.1) is 0 Å². The molecule has 0 aliphatic carbocycles. The molecule has 2 rings (SSSR count). The van der Waals surface area contributed by atoms with Crippen LogP contribution in [0.2, 0.25) is 0 Å². The Morgan fingerprint density at radius 3 is 2.40 bits per heavy atom. The molecule has 108 valence electrons. The number of hydrogen-bond donors (Lipinski definition) is 3. The van der Waals surface area contributed by atoms with E-state index in [9.17, 15) is 15.3 Å². The zero-order valence-corrected chi connectivity index (χ0v) is 11.8. The molecule has 6 heteroatoms. The van der Waals surface area contributed by atoms with Gasteiger partial charge < -0.3 is 20.1 Å². The van der Waals surface area contributed by atoms with E-state index in [1.807, 2.05) is 12.1 Å². The van der Waals surface area contributed by atoms with Crippen LogP contribution in [0.25, 0.3) is 0 Å². The molecule has 3 N–H and O–H groups in total. The van der Waals surface area contributed by atoms with Crippen molar-refractivity contribution in [1.82, 2.24) is 0 Å². The van der Waals surface area contributed by atoms with Crippen LogP contribution in [0.4, 0.5) is 0 Å². The van der Waals surface area contributed by atoms with Gasteiger partial charge in [-0.3, -0.25) is 0 Å². The lowest BCUT2D eigenvalue weighted by molar-refractivity contribution is -0.219. The predicted molar refractivity (Wildman–Crippen MR) is 76.5 cm³/mol. The van der Waals surface area contributed by atoms with Crippen LogP contribution in [-0.4, -0.2) is 44.9 Å². The minimum atomic E-state index is -1.22. The average Bonchev–Trinajstić information content (AvgIpc) is 2.47. The van der Waals surface area contributed by atoms with Crippen molar-refractivity contribution in [2.75, 3.05) is 0 Å². The number of nitrogens with zero attached hydrogens (tertiary/aromatic N) is 1. The highest BCUT2D eigenvalue weighted by atomic mass is 32.1. The molecule has 0 amide bonds. The van der Waals surface area contributed by atoms with Crippen LogP contribution in [0.1, 0.15) is 24.2 Å². The maximum Gasteiger partial charge on any atom is 0.113 e. The van der Waals surface area contributed by atoms with Gasteiger partial charge in [0.25, 0.3) is 0 Å². The zero-order valence-electron chi connectivity index (χ0n) is 11.0. The second-order valence-corrected chi connectivity index (χ2v) is 5.07. The summed E-state index contributed by atoms with van der Waals surface area (Å²) in [5.41, 5.74) is 1.70. The van der Waals surface area contributed by atoms with Gasteiger partial charge in [0, 0.05) is 0 Å². The molecule has 1 fully saturated rings. The molecule has 0 saturated carbocycles. The summed E-state index contributed by atoms with van der Waals surface area (Å²) in [7, 11) is 0. The average molecular weight is 295 g/mol. The van der Waals surface area contributed by atoms with Gasteiger partial charge in [-0.2, -0.15) is 0 Å². The number of benzene rings is 1. The van der Waals surface area contributed by atoms with Crippen molar-refractivity contribution in [3.8, 4) is 0 Å². The van der Waals surface area contributed by atoms with E-state index >= 15 is 0 Å². The predicted octanol–water partition coefficient (Wildman–Crippen LogP) is 0.832. The van der Waals surface area contributed by atoms with Crippen molar-refractivity contribution >= 4 is 17.4 Å². The lowest BCUT2D eigenvalue weighted by atomic mass is 9.91. The van der Waals surface area contributed by atoms with E-state index in [1.165, 1.54) is 0 Å². The number of aliphatic hydroxyl groups is 3. The standard InChI is InChI=1S/C14H17NO4S/c1-8-11(16)12(17)13(18)14(19-8)10-4-2-9(3-5-10)6-15-7-20/h2-5,8,11-14,16-18H,6H2,1H3/t8-,11-,12+,13+,14-/m0/s1. The summed E-state index contributed by atoms with van der Waals surface area (Å²) in [6.07, 6.45) is -4.67. The zero-order chi connectivity index (χ0) is 14.7.